The summed E-state index contributed by atoms with van der Waals surface area (Å²) in [5.74, 6) is 2.21. The van der Waals surface area contributed by atoms with Gasteiger partial charge in [-0.1, -0.05) is 11.6 Å². The zero-order chi connectivity index (χ0) is 42.7. The van der Waals surface area contributed by atoms with Gasteiger partial charge in [0.05, 0.1) is 52.7 Å². The minimum atomic E-state index is -0.248. The second kappa shape index (κ2) is 17.9. The number of aryl methyl sites for hydroxylation is 1. The quantitative estimate of drug-likeness (QED) is 0.152. The summed E-state index contributed by atoms with van der Waals surface area (Å²) >= 11 is 6.16. The highest BCUT2D eigenvalue weighted by atomic mass is 35.5. The SMILES string of the molecule is CC(=O)N1CCc2c(c(N3CCCc4cc(C#N)ccc43)nn2C2CCC(Oc3ccc(-c4ccc(C(=O)NC5CCC(Oc6ccc(C#N)c(Cl)c6)CC5)nn4)cc3)CC2)C1. The number of fused-ring (bicyclic) bond motifs is 2. The van der Waals surface area contributed by atoms with Crippen molar-refractivity contribution >= 4 is 34.9 Å². The summed E-state index contributed by atoms with van der Waals surface area (Å²) in [6.07, 6.45) is 9.58. The number of anilines is 2. The molecule has 316 valence electrons. The lowest BCUT2D eigenvalue weighted by Gasteiger charge is -2.33. The average Bonchev–Trinajstić information content (AvgIpc) is 3.68. The fraction of sp³-hybridized carbons (Fsp3) is 0.396. The second-order valence-corrected chi connectivity index (χ2v) is 17.2. The van der Waals surface area contributed by atoms with Crippen LogP contribution in [0.2, 0.25) is 5.02 Å². The second-order valence-electron chi connectivity index (χ2n) is 16.8. The minimum absolute atomic E-state index is 0.0141. The fourth-order valence-corrected chi connectivity index (χ4v) is 9.66. The van der Waals surface area contributed by atoms with Crippen LogP contribution < -0.4 is 19.7 Å². The molecule has 0 atom stereocenters. The molecule has 4 heterocycles. The largest absolute Gasteiger partial charge is 0.490 e. The molecule has 0 bridgehead atoms. The Bertz CT molecular complexity index is 2550. The molecule has 5 aromatic rings. The van der Waals surface area contributed by atoms with E-state index in [1.54, 1.807) is 31.2 Å². The van der Waals surface area contributed by atoms with Crippen LogP contribution >= 0.6 is 11.6 Å². The van der Waals surface area contributed by atoms with E-state index in [-0.39, 0.29) is 41.8 Å². The molecule has 2 aliphatic heterocycles. The van der Waals surface area contributed by atoms with Gasteiger partial charge in [-0.3, -0.25) is 14.3 Å². The lowest BCUT2D eigenvalue weighted by atomic mass is 9.92. The third-order valence-corrected chi connectivity index (χ3v) is 13.1. The Morgan fingerprint density at radius 2 is 1.55 bits per heavy atom. The predicted molar refractivity (Wildman–Crippen MR) is 233 cm³/mol. The Balaban J connectivity index is 0.780. The van der Waals surface area contributed by atoms with E-state index in [4.69, 9.17) is 31.4 Å². The van der Waals surface area contributed by atoms with Crippen LogP contribution in [-0.2, 0) is 24.2 Å². The van der Waals surface area contributed by atoms with E-state index in [1.165, 1.54) is 11.3 Å². The summed E-state index contributed by atoms with van der Waals surface area (Å²) < 4.78 is 14.9. The average molecular weight is 850 g/mol. The maximum Gasteiger partial charge on any atom is 0.272 e. The minimum Gasteiger partial charge on any atom is -0.490 e. The summed E-state index contributed by atoms with van der Waals surface area (Å²) in [6, 6.07) is 27.0. The molecule has 0 saturated heterocycles. The summed E-state index contributed by atoms with van der Waals surface area (Å²) in [4.78, 5) is 29.8. The molecule has 2 saturated carbocycles. The maximum absolute atomic E-state index is 13.1. The lowest BCUT2D eigenvalue weighted by Crippen LogP contribution is -2.40. The van der Waals surface area contributed by atoms with Gasteiger partial charge in [-0.05, 0) is 137 Å². The van der Waals surface area contributed by atoms with Gasteiger partial charge in [0.15, 0.2) is 11.5 Å². The smallest absolute Gasteiger partial charge is 0.272 e. The van der Waals surface area contributed by atoms with Crippen LogP contribution in [0.5, 0.6) is 11.5 Å². The van der Waals surface area contributed by atoms with Crippen LogP contribution in [0.1, 0.15) is 109 Å². The number of amides is 2. The molecule has 13 nitrogen and oxygen atoms in total. The molecule has 1 N–H and O–H groups in total. The Morgan fingerprint density at radius 1 is 0.806 bits per heavy atom. The third kappa shape index (κ3) is 8.68. The van der Waals surface area contributed by atoms with E-state index in [9.17, 15) is 14.9 Å². The van der Waals surface area contributed by atoms with Gasteiger partial charge in [0.2, 0.25) is 5.91 Å². The molecule has 4 aliphatic rings. The van der Waals surface area contributed by atoms with E-state index in [0.717, 1.165) is 106 Å². The van der Waals surface area contributed by atoms with E-state index in [1.807, 2.05) is 53.4 Å². The van der Waals surface area contributed by atoms with Gasteiger partial charge in [-0.25, -0.2) is 0 Å². The van der Waals surface area contributed by atoms with Crippen molar-refractivity contribution in [3.63, 3.8) is 0 Å². The van der Waals surface area contributed by atoms with Crippen LogP contribution in [0.4, 0.5) is 11.5 Å². The maximum atomic E-state index is 13.1. The third-order valence-electron chi connectivity index (χ3n) is 12.8. The first kappa shape index (κ1) is 40.9. The number of halogens is 1. The molecule has 2 amide bonds. The Kier molecular flexibility index (Phi) is 11.8. The van der Waals surface area contributed by atoms with Gasteiger partial charge in [-0.15, -0.1) is 10.2 Å². The van der Waals surface area contributed by atoms with Crippen molar-refractivity contribution in [3.05, 3.63) is 111 Å². The van der Waals surface area contributed by atoms with Gasteiger partial charge >= 0.3 is 0 Å². The molecule has 2 aromatic heterocycles. The van der Waals surface area contributed by atoms with Gasteiger partial charge in [-0.2, -0.15) is 15.6 Å². The molecule has 2 aliphatic carbocycles. The van der Waals surface area contributed by atoms with E-state index >= 15 is 0 Å². The number of hydrogen-bond donors (Lipinski definition) is 1. The molecular weight excluding hydrogens is 802 g/mol. The zero-order valence-corrected chi connectivity index (χ0v) is 35.5. The number of benzene rings is 3. The number of ether oxygens (including phenoxy) is 2. The topological polar surface area (TPSA) is 162 Å². The highest BCUT2D eigenvalue weighted by Gasteiger charge is 2.34. The molecule has 62 heavy (non-hydrogen) atoms. The molecular formula is C48H48ClN9O4. The first-order chi connectivity index (χ1) is 30.2. The molecule has 14 heteroatoms. The zero-order valence-electron chi connectivity index (χ0n) is 34.7. The Morgan fingerprint density at radius 3 is 2.24 bits per heavy atom. The van der Waals surface area contributed by atoms with Gasteiger partial charge in [0.1, 0.15) is 17.6 Å². The van der Waals surface area contributed by atoms with Crippen LogP contribution in [0.25, 0.3) is 11.3 Å². The summed E-state index contributed by atoms with van der Waals surface area (Å²) in [7, 11) is 0. The van der Waals surface area contributed by atoms with Crippen molar-refractivity contribution in [1.29, 1.82) is 10.5 Å². The van der Waals surface area contributed by atoms with Gasteiger partial charge in [0, 0.05) is 61.1 Å². The summed E-state index contributed by atoms with van der Waals surface area (Å²) in [6.45, 7) is 3.73. The number of carbonyl (C=O) groups is 2. The predicted octanol–water partition coefficient (Wildman–Crippen LogP) is 8.41. The van der Waals surface area contributed by atoms with Crippen molar-refractivity contribution in [2.75, 3.05) is 18.0 Å². The monoisotopic (exact) mass is 849 g/mol. The molecule has 0 unspecified atom stereocenters. The Labute approximate surface area is 366 Å². The number of aromatic nitrogens is 4. The van der Waals surface area contributed by atoms with Crippen LogP contribution in [0.3, 0.4) is 0 Å². The van der Waals surface area contributed by atoms with Crippen molar-refractivity contribution in [2.24, 2.45) is 0 Å². The highest BCUT2D eigenvalue weighted by Crippen LogP contribution is 2.41. The first-order valence-corrected chi connectivity index (χ1v) is 22.0. The molecule has 2 fully saturated rings. The number of carbonyl (C=O) groups excluding carboxylic acids is 2. The summed E-state index contributed by atoms with van der Waals surface area (Å²) in [5, 5.41) is 36.1. The van der Waals surface area contributed by atoms with Gasteiger partial charge in [0.25, 0.3) is 5.91 Å². The molecule has 9 rings (SSSR count). The number of nitrogens with one attached hydrogen (secondary N) is 1. The van der Waals surface area contributed by atoms with Gasteiger partial charge < -0.3 is 24.6 Å². The number of nitrogens with zero attached hydrogens (tertiary/aromatic N) is 8. The van der Waals surface area contributed by atoms with Crippen molar-refractivity contribution in [1.82, 2.24) is 30.2 Å². The van der Waals surface area contributed by atoms with Crippen LogP contribution in [-0.4, -0.2) is 68.0 Å². The van der Waals surface area contributed by atoms with Crippen molar-refractivity contribution < 1.29 is 19.1 Å². The lowest BCUT2D eigenvalue weighted by molar-refractivity contribution is -0.129. The standard InChI is InChI=1S/C48H48ClN9O4/c1-30(59)56-24-22-46-41(29-56)47(57-23-2-3-33-25-31(27-50)4-21-45(33)57)55-58(46)36-10-17-39(18-11-36)61-37-12-5-32(6-13-37)43-19-20-44(54-53-43)48(60)52-35-8-15-38(16-9-35)62-40-14-7-34(28-51)42(49)26-40/h4-7,12-14,19-21,25-26,35-36,38-39H,2-3,8-11,15-18,22-24,29H2,1H3,(H,52,60). The number of hydrogen-bond acceptors (Lipinski definition) is 10. The van der Waals surface area contributed by atoms with E-state index in [0.29, 0.717) is 40.7 Å². The normalized spacial score (nSPS) is 20.8. The van der Waals surface area contributed by atoms with Crippen molar-refractivity contribution in [3.8, 4) is 34.9 Å². The molecule has 0 radical (unpaired) electrons. The number of rotatable bonds is 9. The number of nitriles is 2. The van der Waals surface area contributed by atoms with Crippen LogP contribution in [0, 0.1) is 22.7 Å². The molecule has 3 aromatic carbocycles. The van der Waals surface area contributed by atoms with Crippen LogP contribution in [0.15, 0.2) is 72.8 Å². The summed E-state index contributed by atoms with van der Waals surface area (Å²) in [5.41, 5.74) is 7.54. The van der Waals surface area contributed by atoms with Crippen molar-refractivity contribution in [2.45, 2.75) is 108 Å². The van der Waals surface area contributed by atoms with E-state index in [2.05, 4.69) is 37.2 Å². The first-order valence-electron chi connectivity index (χ1n) is 21.7. The van der Waals surface area contributed by atoms with E-state index < -0.39 is 0 Å². The highest BCUT2D eigenvalue weighted by molar-refractivity contribution is 6.31. The Hall–Kier alpha value is -6.44. The molecule has 0 spiro atoms. The fourth-order valence-electron chi connectivity index (χ4n) is 9.45.